The van der Waals surface area contributed by atoms with Crippen LogP contribution in [0.15, 0.2) is 42.9 Å². The van der Waals surface area contributed by atoms with E-state index in [1.807, 2.05) is 6.07 Å². The summed E-state index contributed by atoms with van der Waals surface area (Å²) in [4.78, 5) is 19.6. The van der Waals surface area contributed by atoms with Crippen molar-refractivity contribution in [2.24, 2.45) is 5.73 Å². The third-order valence-electron chi connectivity index (χ3n) is 2.25. The molecule has 0 spiro atoms. The van der Waals surface area contributed by atoms with Crippen LogP contribution in [0.25, 0.3) is 11.3 Å². The maximum atomic E-state index is 11.7. The Morgan fingerprint density at radius 1 is 1.33 bits per heavy atom. The average Bonchev–Trinajstić information content (AvgIpc) is 2.39. The van der Waals surface area contributed by atoms with Crippen molar-refractivity contribution in [3.05, 3.63) is 48.4 Å². The topological polar surface area (TPSA) is 105 Å². The third-order valence-corrected chi connectivity index (χ3v) is 2.25. The molecule has 4 N–H and O–H groups in total. The molecule has 1 aromatic carbocycles. The molecule has 0 saturated carbocycles. The molecule has 6 nitrogen and oxygen atoms in total. The Morgan fingerprint density at radius 2 is 2.17 bits per heavy atom. The fourth-order valence-electron chi connectivity index (χ4n) is 1.48. The van der Waals surface area contributed by atoms with Gasteiger partial charge in [-0.3, -0.25) is 15.5 Å². The number of nitrogens with one attached hydrogen (secondary N) is 2. The van der Waals surface area contributed by atoms with Gasteiger partial charge in [0.15, 0.2) is 5.96 Å². The Morgan fingerprint density at radius 3 is 2.83 bits per heavy atom. The molecule has 0 atom stereocenters. The van der Waals surface area contributed by atoms with Crippen LogP contribution in [-0.4, -0.2) is 21.8 Å². The first-order valence-corrected chi connectivity index (χ1v) is 5.18. The number of hydrogen-bond donors (Lipinski definition) is 3. The molecule has 6 heteroatoms. The number of nitrogens with two attached hydrogens (primary N) is 1. The number of aromatic nitrogens is 2. The van der Waals surface area contributed by atoms with Crippen LogP contribution >= 0.6 is 0 Å². The van der Waals surface area contributed by atoms with Gasteiger partial charge in [-0.2, -0.15) is 0 Å². The van der Waals surface area contributed by atoms with E-state index in [0.29, 0.717) is 5.56 Å². The van der Waals surface area contributed by atoms with Gasteiger partial charge in [-0.1, -0.05) is 12.1 Å². The summed E-state index contributed by atoms with van der Waals surface area (Å²) in [6, 6.07) is 8.66. The number of carbonyl (C=O) groups excluding carboxylic acids is 1. The standard InChI is InChI=1S/C12H11N5O/c13-12(14)17-11(18)9-3-1-2-8(6-9)10-4-5-15-7-16-10/h1-7H,(H4,13,14,17,18). The molecule has 0 bridgehead atoms. The highest BCUT2D eigenvalue weighted by Crippen LogP contribution is 2.17. The maximum absolute atomic E-state index is 11.7. The summed E-state index contributed by atoms with van der Waals surface area (Å²) in [5.74, 6) is -0.800. The minimum absolute atomic E-state index is 0.382. The average molecular weight is 241 g/mol. The van der Waals surface area contributed by atoms with Crippen LogP contribution in [0.1, 0.15) is 10.4 Å². The lowest BCUT2D eigenvalue weighted by molar-refractivity contribution is 0.0976. The highest BCUT2D eigenvalue weighted by Gasteiger charge is 2.07. The lowest BCUT2D eigenvalue weighted by Gasteiger charge is -2.05. The number of nitrogens with zero attached hydrogens (tertiary/aromatic N) is 2. The van der Waals surface area contributed by atoms with Crippen molar-refractivity contribution >= 4 is 11.9 Å². The number of carbonyl (C=O) groups is 1. The zero-order chi connectivity index (χ0) is 13.0. The van der Waals surface area contributed by atoms with Crippen molar-refractivity contribution in [1.82, 2.24) is 15.3 Å². The summed E-state index contributed by atoms with van der Waals surface area (Å²) >= 11 is 0. The van der Waals surface area contributed by atoms with E-state index in [1.165, 1.54) is 6.33 Å². The molecule has 2 rings (SSSR count). The van der Waals surface area contributed by atoms with Gasteiger partial charge in [0.05, 0.1) is 5.69 Å². The first kappa shape index (κ1) is 11.7. The second-order valence-electron chi connectivity index (χ2n) is 3.54. The minimum Gasteiger partial charge on any atom is -0.370 e. The zero-order valence-electron chi connectivity index (χ0n) is 9.42. The molecule has 0 radical (unpaired) electrons. The molecule has 0 unspecified atom stereocenters. The number of benzene rings is 1. The van der Waals surface area contributed by atoms with Crippen LogP contribution in [0.4, 0.5) is 0 Å². The van der Waals surface area contributed by atoms with E-state index >= 15 is 0 Å². The molecule has 90 valence electrons. The van der Waals surface area contributed by atoms with Gasteiger partial charge in [-0.15, -0.1) is 0 Å². The molecule has 0 fully saturated rings. The number of guanidine groups is 1. The predicted octanol–water partition coefficient (Wildman–Crippen LogP) is 0.767. The van der Waals surface area contributed by atoms with Gasteiger partial charge in [-0.25, -0.2) is 9.97 Å². The molecule has 1 heterocycles. The van der Waals surface area contributed by atoms with Crippen LogP contribution < -0.4 is 11.1 Å². The molecular weight excluding hydrogens is 230 g/mol. The van der Waals surface area contributed by atoms with Crippen LogP contribution in [0, 0.1) is 5.41 Å². The van der Waals surface area contributed by atoms with E-state index < -0.39 is 5.91 Å². The molecule has 2 aromatic rings. The smallest absolute Gasteiger partial charge is 0.257 e. The molecule has 0 aliphatic heterocycles. The van der Waals surface area contributed by atoms with Crippen molar-refractivity contribution < 1.29 is 4.79 Å². The van der Waals surface area contributed by atoms with Gasteiger partial charge in [0.2, 0.25) is 0 Å². The van der Waals surface area contributed by atoms with Crippen LogP contribution in [0.2, 0.25) is 0 Å². The Labute approximate surface area is 103 Å². The van der Waals surface area contributed by atoms with Crippen molar-refractivity contribution in [2.45, 2.75) is 0 Å². The van der Waals surface area contributed by atoms with Crippen molar-refractivity contribution in [2.75, 3.05) is 0 Å². The third kappa shape index (κ3) is 2.67. The van der Waals surface area contributed by atoms with Crippen molar-refractivity contribution in [1.29, 1.82) is 5.41 Å². The SMILES string of the molecule is N=C(N)NC(=O)c1cccc(-c2ccncn2)c1. The van der Waals surface area contributed by atoms with Crippen LogP contribution in [-0.2, 0) is 0 Å². The summed E-state index contributed by atoms with van der Waals surface area (Å²) in [7, 11) is 0. The van der Waals surface area contributed by atoms with E-state index in [0.717, 1.165) is 11.3 Å². The van der Waals surface area contributed by atoms with Gasteiger partial charge >= 0.3 is 0 Å². The Kier molecular flexibility index (Phi) is 3.29. The van der Waals surface area contributed by atoms with E-state index in [2.05, 4.69) is 15.3 Å². The van der Waals surface area contributed by atoms with Gasteiger partial charge in [0, 0.05) is 17.3 Å². The maximum Gasteiger partial charge on any atom is 0.257 e. The highest BCUT2D eigenvalue weighted by molar-refractivity contribution is 6.04. The van der Waals surface area contributed by atoms with Crippen molar-refractivity contribution in [3.63, 3.8) is 0 Å². The Hall–Kier alpha value is -2.76. The van der Waals surface area contributed by atoms with Gasteiger partial charge < -0.3 is 5.73 Å². The molecule has 18 heavy (non-hydrogen) atoms. The number of amides is 1. The van der Waals surface area contributed by atoms with E-state index in [1.54, 1.807) is 30.5 Å². The highest BCUT2D eigenvalue weighted by atomic mass is 16.1. The number of hydrogen-bond acceptors (Lipinski definition) is 4. The summed E-state index contributed by atoms with van der Waals surface area (Å²) < 4.78 is 0. The summed E-state index contributed by atoms with van der Waals surface area (Å²) in [5, 5.41) is 9.24. The van der Waals surface area contributed by atoms with Crippen molar-refractivity contribution in [3.8, 4) is 11.3 Å². The fourth-order valence-corrected chi connectivity index (χ4v) is 1.48. The molecule has 0 aliphatic carbocycles. The van der Waals surface area contributed by atoms with Gasteiger partial charge in [0.25, 0.3) is 5.91 Å². The first-order chi connectivity index (χ1) is 8.66. The second kappa shape index (κ2) is 5.05. The largest absolute Gasteiger partial charge is 0.370 e. The quantitative estimate of drug-likeness (QED) is 0.533. The second-order valence-corrected chi connectivity index (χ2v) is 3.54. The van der Waals surface area contributed by atoms with E-state index in [9.17, 15) is 4.79 Å². The van der Waals surface area contributed by atoms with Crippen LogP contribution in [0.3, 0.4) is 0 Å². The minimum atomic E-state index is -0.418. The van der Waals surface area contributed by atoms with E-state index in [-0.39, 0.29) is 5.96 Å². The summed E-state index contributed by atoms with van der Waals surface area (Å²) in [6.07, 6.45) is 3.07. The normalized spacial score (nSPS) is 9.78. The van der Waals surface area contributed by atoms with Crippen LogP contribution in [0.5, 0.6) is 0 Å². The monoisotopic (exact) mass is 241 g/mol. The molecule has 0 saturated heterocycles. The fraction of sp³-hybridized carbons (Fsp3) is 0. The number of rotatable bonds is 2. The molecule has 1 aromatic heterocycles. The lowest BCUT2D eigenvalue weighted by Crippen LogP contribution is -2.35. The summed E-state index contributed by atoms with van der Waals surface area (Å²) in [6.45, 7) is 0. The molecular formula is C12H11N5O. The molecule has 1 amide bonds. The van der Waals surface area contributed by atoms with Gasteiger partial charge in [0.1, 0.15) is 6.33 Å². The predicted molar refractivity (Wildman–Crippen MR) is 66.8 cm³/mol. The zero-order valence-corrected chi connectivity index (χ0v) is 9.42. The Balaban J connectivity index is 2.31. The van der Waals surface area contributed by atoms with E-state index in [4.69, 9.17) is 11.1 Å². The van der Waals surface area contributed by atoms with Gasteiger partial charge in [-0.05, 0) is 18.2 Å². The summed E-state index contributed by atoms with van der Waals surface area (Å²) in [5.41, 5.74) is 7.05. The first-order valence-electron chi connectivity index (χ1n) is 5.18. The Bertz CT molecular complexity index is 582. The lowest BCUT2D eigenvalue weighted by atomic mass is 10.1. The molecule has 0 aliphatic rings.